The van der Waals surface area contributed by atoms with Crippen LogP contribution in [0.3, 0.4) is 0 Å². The summed E-state index contributed by atoms with van der Waals surface area (Å²) in [4.78, 5) is 26.5. The van der Waals surface area contributed by atoms with Crippen molar-refractivity contribution in [1.29, 1.82) is 0 Å². The van der Waals surface area contributed by atoms with Gasteiger partial charge in [-0.2, -0.15) is 0 Å². The zero-order valence-electron chi connectivity index (χ0n) is 50.1. The van der Waals surface area contributed by atoms with Crippen LogP contribution in [0.4, 0.5) is 0 Å². The van der Waals surface area contributed by atoms with Crippen molar-refractivity contribution in [3.05, 3.63) is 134 Å². The van der Waals surface area contributed by atoms with Crippen LogP contribution < -0.4 is 5.32 Å². The summed E-state index contributed by atoms with van der Waals surface area (Å²) in [6.45, 7) is 5.51. The highest BCUT2D eigenvalue weighted by atomic mass is 16.7. The Balaban J connectivity index is 2.71. The first-order valence-electron chi connectivity index (χ1n) is 31.5. The van der Waals surface area contributed by atoms with E-state index in [1.807, 2.05) is 18.2 Å². The normalized spacial score (nSPS) is 19.7. The van der Waals surface area contributed by atoms with Crippen molar-refractivity contribution in [2.24, 2.45) is 0 Å². The lowest BCUT2D eigenvalue weighted by atomic mass is 9.99. The molecule has 1 saturated heterocycles. The van der Waals surface area contributed by atoms with Gasteiger partial charge in [-0.15, -0.1) is 0 Å². The number of nitrogens with one attached hydrogen (secondary N) is 1. The second-order valence-electron chi connectivity index (χ2n) is 21.0. The van der Waals surface area contributed by atoms with E-state index in [4.69, 9.17) is 14.2 Å². The van der Waals surface area contributed by atoms with Crippen molar-refractivity contribution < 1.29 is 49.3 Å². The monoisotopic (exact) mass is 1120 g/mol. The van der Waals surface area contributed by atoms with Gasteiger partial charge in [-0.1, -0.05) is 244 Å². The predicted molar refractivity (Wildman–Crippen MR) is 333 cm³/mol. The number of hydrogen-bond donors (Lipinski definition) is 6. The third-order valence-corrected chi connectivity index (χ3v) is 13.8. The Bertz CT molecular complexity index is 1810. The first kappa shape index (κ1) is 73.8. The highest BCUT2D eigenvalue weighted by Crippen LogP contribution is 2.26. The van der Waals surface area contributed by atoms with Gasteiger partial charge in [0.25, 0.3) is 0 Å². The molecule has 6 N–H and O–H groups in total. The second-order valence-corrected chi connectivity index (χ2v) is 21.0. The summed E-state index contributed by atoms with van der Waals surface area (Å²) >= 11 is 0. The number of unbranched alkanes of at least 4 members (excludes halogenated alkanes) is 17. The van der Waals surface area contributed by atoms with E-state index in [1.54, 1.807) is 6.08 Å². The number of ether oxygens (including phenoxy) is 3. The molecule has 11 heteroatoms. The maximum absolute atomic E-state index is 13.4. The number of carbonyl (C=O) groups excluding carboxylic acids is 2. The standard InChI is InChI=1S/C69H113NO10/c1-4-7-10-13-16-19-22-25-27-29-30-31-32-33-35-36-38-41-44-47-50-53-56-62(73)68(77)70-60(61(72)55-52-49-46-43-40-24-21-18-15-12-9-6-3)59-78-69-67(66(76)65(75)63(58-71)79-69)80-64(74)57-54-51-48-45-42-39-37-34-28-26-23-20-17-14-11-8-5-2/h7-8,10-11,16-17,19-20,25-28,30-31,33,35,37,39,45,48,52,55,60-63,65-67,69,71-73,75-76H,4-6,9,12-15,18,21-24,29,32,34,36,38,40-44,46-47,49-51,53-54,56-59H2,1-3H3,(H,70,77)/b10-7-,11-8-,19-16-,20-17-,27-25-,28-26-,31-30-,35-33-,39-37-,48-45-,55-52+. The van der Waals surface area contributed by atoms with Crippen molar-refractivity contribution in [2.75, 3.05) is 13.2 Å². The molecule has 0 aromatic rings. The summed E-state index contributed by atoms with van der Waals surface area (Å²) in [5.74, 6) is -1.28. The fourth-order valence-corrected chi connectivity index (χ4v) is 8.89. The first-order chi connectivity index (χ1) is 39.2. The van der Waals surface area contributed by atoms with E-state index < -0.39 is 67.4 Å². The molecule has 1 fully saturated rings. The molecule has 0 spiro atoms. The summed E-state index contributed by atoms with van der Waals surface area (Å²) in [6.07, 6.45) is 67.7. The summed E-state index contributed by atoms with van der Waals surface area (Å²) in [5, 5.41) is 57.0. The third kappa shape index (κ3) is 42.6. The molecule has 11 nitrogen and oxygen atoms in total. The van der Waals surface area contributed by atoms with Gasteiger partial charge in [-0.25, -0.2) is 0 Å². The molecule has 0 bridgehead atoms. The Hall–Kier alpha value is -4.20. The summed E-state index contributed by atoms with van der Waals surface area (Å²) < 4.78 is 17.6. The summed E-state index contributed by atoms with van der Waals surface area (Å²) in [7, 11) is 0. The van der Waals surface area contributed by atoms with E-state index in [2.05, 4.69) is 135 Å². The topological polar surface area (TPSA) is 175 Å². The van der Waals surface area contributed by atoms with E-state index in [0.29, 0.717) is 19.3 Å². The lowest BCUT2D eigenvalue weighted by Gasteiger charge is -2.41. The Morgan fingerprint density at radius 1 is 0.500 bits per heavy atom. The van der Waals surface area contributed by atoms with Gasteiger partial charge in [0, 0.05) is 6.42 Å². The van der Waals surface area contributed by atoms with Crippen LogP contribution >= 0.6 is 0 Å². The number of allylic oxidation sites excluding steroid dienone is 21. The number of amides is 1. The lowest BCUT2D eigenvalue weighted by Crippen LogP contribution is -2.61. The smallest absolute Gasteiger partial charge is 0.306 e. The minimum absolute atomic E-state index is 0.0364. The molecular weight excluding hydrogens is 1000 g/mol. The fourth-order valence-electron chi connectivity index (χ4n) is 8.89. The lowest BCUT2D eigenvalue weighted by molar-refractivity contribution is -0.305. The molecule has 80 heavy (non-hydrogen) atoms. The maximum Gasteiger partial charge on any atom is 0.306 e. The molecule has 0 saturated carbocycles. The van der Waals surface area contributed by atoms with Crippen LogP contribution in [0.15, 0.2) is 134 Å². The molecule has 1 amide bonds. The molecule has 1 aliphatic heterocycles. The van der Waals surface area contributed by atoms with E-state index >= 15 is 0 Å². The minimum Gasteiger partial charge on any atom is -0.454 e. The van der Waals surface area contributed by atoms with Crippen LogP contribution in [0.5, 0.6) is 0 Å². The number of carbonyl (C=O) groups is 2. The van der Waals surface area contributed by atoms with Gasteiger partial charge in [-0.3, -0.25) is 9.59 Å². The van der Waals surface area contributed by atoms with Crippen LogP contribution in [0.2, 0.25) is 0 Å². The molecule has 454 valence electrons. The number of rotatable bonds is 51. The SMILES string of the molecule is CC/C=C\C/C=C\C/C=C\C/C=C\C/C=C\CCCCCCCCC(O)C(=O)NC(COC1OC(CO)C(O)C(O)C1OC(=O)CCC/C=C\C/C=C\C/C=C\C/C=C\C/C=C\CC)C(O)/C=C/CCCCCCCCCCCC. The molecule has 8 atom stereocenters. The fraction of sp³-hybridized carbons (Fsp3) is 0.652. The molecule has 1 aliphatic rings. The van der Waals surface area contributed by atoms with E-state index in [1.165, 1.54) is 44.9 Å². The van der Waals surface area contributed by atoms with Gasteiger partial charge >= 0.3 is 5.97 Å². The highest BCUT2D eigenvalue weighted by molar-refractivity contribution is 5.80. The summed E-state index contributed by atoms with van der Waals surface area (Å²) in [5.41, 5.74) is 0. The van der Waals surface area contributed by atoms with Crippen LogP contribution in [-0.2, 0) is 23.8 Å². The highest BCUT2D eigenvalue weighted by Gasteiger charge is 2.47. The van der Waals surface area contributed by atoms with Gasteiger partial charge < -0.3 is 45.1 Å². The summed E-state index contributed by atoms with van der Waals surface area (Å²) in [6, 6.07) is -1.05. The molecule has 1 rings (SSSR count). The van der Waals surface area contributed by atoms with Crippen LogP contribution in [-0.4, -0.2) is 99.6 Å². The molecule has 0 radical (unpaired) electrons. The zero-order valence-corrected chi connectivity index (χ0v) is 50.1. The van der Waals surface area contributed by atoms with E-state index in [9.17, 15) is 35.1 Å². The molecule has 0 aromatic carbocycles. The van der Waals surface area contributed by atoms with Gasteiger partial charge in [-0.05, 0) is 109 Å². The zero-order chi connectivity index (χ0) is 58.2. The molecule has 0 aliphatic carbocycles. The molecule has 8 unspecified atom stereocenters. The Kier molecular flexibility index (Phi) is 51.1. The minimum atomic E-state index is -1.65. The van der Waals surface area contributed by atoms with E-state index in [-0.39, 0.29) is 19.4 Å². The predicted octanol–water partition coefficient (Wildman–Crippen LogP) is 15.2. The molecule has 0 aromatic heterocycles. The first-order valence-corrected chi connectivity index (χ1v) is 31.5. The van der Waals surface area contributed by atoms with Crippen LogP contribution in [0.1, 0.15) is 226 Å². The van der Waals surface area contributed by atoms with Crippen molar-refractivity contribution >= 4 is 11.9 Å². The number of aliphatic hydroxyl groups is 5. The van der Waals surface area contributed by atoms with Crippen molar-refractivity contribution in [3.63, 3.8) is 0 Å². The third-order valence-electron chi connectivity index (χ3n) is 13.8. The van der Waals surface area contributed by atoms with Gasteiger partial charge in [0.1, 0.15) is 24.4 Å². The van der Waals surface area contributed by atoms with Crippen molar-refractivity contribution in [3.8, 4) is 0 Å². The Morgan fingerprint density at radius 2 is 0.900 bits per heavy atom. The Morgan fingerprint density at radius 3 is 1.35 bits per heavy atom. The largest absolute Gasteiger partial charge is 0.454 e. The number of aliphatic hydroxyl groups excluding tert-OH is 5. The second kappa shape index (κ2) is 55.3. The average Bonchev–Trinajstić information content (AvgIpc) is 3.48. The quantitative estimate of drug-likeness (QED) is 0.0195. The van der Waals surface area contributed by atoms with Crippen LogP contribution in [0, 0.1) is 0 Å². The van der Waals surface area contributed by atoms with Gasteiger partial charge in [0.2, 0.25) is 5.91 Å². The van der Waals surface area contributed by atoms with Gasteiger partial charge in [0.15, 0.2) is 12.4 Å². The van der Waals surface area contributed by atoms with E-state index in [0.717, 1.165) is 128 Å². The van der Waals surface area contributed by atoms with Crippen molar-refractivity contribution in [1.82, 2.24) is 5.32 Å². The molecule has 1 heterocycles. The van der Waals surface area contributed by atoms with Crippen LogP contribution in [0.25, 0.3) is 0 Å². The van der Waals surface area contributed by atoms with Gasteiger partial charge in [0.05, 0.1) is 25.4 Å². The molecular formula is C69H113NO10. The number of esters is 1. The average molecular weight is 1120 g/mol. The van der Waals surface area contributed by atoms with Crippen molar-refractivity contribution in [2.45, 2.75) is 275 Å². The number of hydrogen-bond acceptors (Lipinski definition) is 10. The maximum atomic E-state index is 13.4. The Labute approximate surface area is 486 Å².